The Hall–Kier alpha value is -0.480. The second-order valence-electron chi connectivity index (χ2n) is 4.29. The van der Waals surface area contributed by atoms with Crippen molar-refractivity contribution in [2.75, 3.05) is 0 Å². The SMILES string of the molecule is CC1CCC(C(O)c2csnn2)CC1. The molecule has 2 rings (SSSR count). The third-order valence-electron chi connectivity index (χ3n) is 3.19. The van der Waals surface area contributed by atoms with Gasteiger partial charge in [0.05, 0.1) is 0 Å². The van der Waals surface area contributed by atoms with Crippen molar-refractivity contribution >= 4 is 11.5 Å². The summed E-state index contributed by atoms with van der Waals surface area (Å²) in [7, 11) is 0. The molecule has 0 aromatic carbocycles. The highest BCUT2D eigenvalue weighted by Gasteiger charge is 2.26. The van der Waals surface area contributed by atoms with E-state index in [0.29, 0.717) is 5.92 Å². The van der Waals surface area contributed by atoms with Crippen LogP contribution in [0.2, 0.25) is 0 Å². The predicted octanol–water partition coefficient (Wildman–Crippen LogP) is 2.40. The van der Waals surface area contributed by atoms with Crippen LogP contribution in [0.3, 0.4) is 0 Å². The highest BCUT2D eigenvalue weighted by Crippen LogP contribution is 2.36. The minimum absolute atomic E-state index is 0.388. The largest absolute Gasteiger partial charge is 0.386 e. The Kier molecular flexibility index (Phi) is 3.13. The van der Waals surface area contributed by atoms with Crippen LogP contribution in [-0.2, 0) is 0 Å². The summed E-state index contributed by atoms with van der Waals surface area (Å²) in [5.41, 5.74) is 0.759. The molecule has 3 nitrogen and oxygen atoms in total. The molecule has 1 N–H and O–H groups in total. The summed E-state index contributed by atoms with van der Waals surface area (Å²) in [5.74, 6) is 1.22. The normalized spacial score (nSPS) is 30.1. The van der Waals surface area contributed by atoms with Gasteiger partial charge in [0.2, 0.25) is 0 Å². The number of hydrogen-bond acceptors (Lipinski definition) is 4. The Morgan fingerprint density at radius 2 is 2.14 bits per heavy atom. The smallest absolute Gasteiger partial charge is 0.104 e. The first kappa shape index (κ1) is 10.1. The molecular weight excluding hydrogens is 196 g/mol. The second-order valence-corrected chi connectivity index (χ2v) is 4.90. The van der Waals surface area contributed by atoms with Gasteiger partial charge in [0.25, 0.3) is 0 Å². The fraction of sp³-hybridized carbons (Fsp3) is 0.800. The molecule has 1 fully saturated rings. The van der Waals surface area contributed by atoms with E-state index >= 15 is 0 Å². The molecule has 0 spiro atoms. The summed E-state index contributed by atoms with van der Waals surface area (Å²) in [4.78, 5) is 0. The zero-order valence-electron chi connectivity index (χ0n) is 8.39. The molecule has 0 radical (unpaired) electrons. The highest BCUT2D eigenvalue weighted by molar-refractivity contribution is 7.03. The van der Waals surface area contributed by atoms with E-state index in [2.05, 4.69) is 16.5 Å². The van der Waals surface area contributed by atoms with E-state index in [9.17, 15) is 5.11 Å². The Bertz CT molecular complexity index is 268. The summed E-state index contributed by atoms with van der Waals surface area (Å²) in [6.45, 7) is 2.28. The summed E-state index contributed by atoms with van der Waals surface area (Å²) in [5, 5.41) is 15.8. The zero-order chi connectivity index (χ0) is 9.97. The Balaban J connectivity index is 1.95. The predicted molar refractivity (Wildman–Crippen MR) is 56.0 cm³/mol. The number of nitrogens with zero attached hydrogens (tertiary/aromatic N) is 2. The molecule has 4 heteroatoms. The van der Waals surface area contributed by atoms with Crippen LogP contribution in [0.5, 0.6) is 0 Å². The summed E-state index contributed by atoms with van der Waals surface area (Å²) >= 11 is 1.31. The third-order valence-corrected chi connectivity index (χ3v) is 3.71. The van der Waals surface area contributed by atoms with Gasteiger partial charge in [0.1, 0.15) is 11.8 Å². The van der Waals surface area contributed by atoms with Crippen LogP contribution in [0.15, 0.2) is 5.38 Å². The van der Waals surface area contributed by atoms with Gasteiger partial charge in [0.15, 0.2) is 0 Å². The standard InChI is InChI=1S/C10H16N2OS/c1-7-2-4-8(5-3-7)10(13)9-6-14-12-11-9/h6-8,10,13H,2-5H2,1H3. The van der Waals surface area contributed by atoms with E-state index in [1.54, 1.807) is 0 Å². The van der Waals surface area contributed by atoms with E-state index in [0.717, 1.165) is 24.5 Å². The Labute approximate surface area is 88.3 Å². The van der Waals surface area contributed by atoms with Gasteiger partial charge < -0.3 is 5.11 Å². The lowest BCUT2D eigenvalue weighted by molar-refractivity contribution is 0.0721. The molecule has 0 amide bonds. The van der Waals surface area contributed by atoms with Gasteiger partial charge in [-0.1, -0.05) is 24.3 Å². The van der Waals surface area contributed by atoms with Gasteiger partial charge in [-0.2, -0.15) is 0 Å². The van der Waals surface area contributed by atoms with Crippen molar-refractivity contribution in [1.29, 1.82) is 0 Å². The van der Waals surface area contributed by atoms with Crippen LogP contribution in [0.25, 0.3) is 0 Å². The molecule has 1 heterocycles. The van der Waals surface area contributed by atoms with Gasteiger partial charge in [0, 0.05) is 5.38 Å². The molecule has 14 heavy (non-hydrogen) atoms. The van der Waals surface area contributed by atoms with E-state index in [-0.39, 0.29) is 6.10 Å². The topological polar surface area (TPSA) is 46.0 Å². The van der Waals surface area contributed by atoms with Gasteiger partial charge in [-0.15, -0.1) is 5.10 Å². The maximum absolute atomic E-state index is 10.0. The van der Waals surface area contributed by atoms with Crippen molar-refractivity contribution in [3.8, 4) is 0 Å². The average molecular weight is 212 g/mol. The van der Waals surface area contributed by atoms with Crippen molar-refractivity contribution in [3.05, 3.63) is 11.1 Å². The van der Waals surface area contributed by atoms with Crippen LogP contribution in [0.1, 0.15) is 44.4 Å². The highest BCUT2D eigenvalue weighted by atomic mass is 32.1. The van der Waals surface area contributed by atoms with Crippen molar-refractivity contribution in [1.82, 2.24) is 9.59 Å². The molecule has 0 bridgehead atoms. The summed E-state index contributed by atoms with van der Waals surface area (Å²) in [6.07, 6.45) is 4.33. The molecule has 78 valence electrons. The van der Waals surface area contributed by atoms with Gasteiger partial charge in [-0.3, -0.25) is 0 Å². The van der Waals surface area contributed by atoms with E-state index in [4.69, 9.17) is 0 Å². The number of rotatable bonds is 2. The minimum Gasteiger partial charge on any atom is -0.386 e. The van der Waals surface area contributed by atoms with E-state index in [1.807, 2.05) is 5.38 Å². The van der Waals surface area contributed by atoms with Gasteiger partial charge in [-0.05, 0) is 36.2 Å². The molecule has 1 aromatic heterocycles. The van der Waals surface area contributed by atoms with E-state index < -0.39 is 0 Å². The third kappa shape index (κ3) is 2.12. The maximum Gasteiger partial charge on any atom is 0.104 e. The number of aliphatic hydroxyl groups excluding tert-OH is 1. The first-order valence-electron chi connectivity index (χ1n) is 5.22. The minimum atomic E-state index is -0.388. The molecule has 0 saturated heterocycles. The Morgan fingerprint density at radius 3 is 2.71 bits per heavy atom. The molecule has 1 saturated carbocycles. The Morgan fingerprint density at radius 1 is 1.43 bits per heavy atom. The lowest BCUT2D eigenvalue weighted by Gasteiger charge is -2.28. The zero-order valence-corrected chi connectivity index (χ0v) is 9.20. The van der Waals surface area contributed by atoms with Crippen molar-refractivity contribution in [2.24, 2.45) is 11.8 Å². The lowest BCUT2D eigenvalue weighted by atomic mass is 9.79. The van der Waals surface area contributed by atoms with Crippen LogP contribution in [0, 0.1) is 11.8 Å². The number of aromatic nitrogens is 2. The molecule has 1 aromatic rings. The molecule has 0 aliphatic heterocycles. The lowest BCUT2D eigenvalue weighted by Crippen LogP contribution is -2.19. The number of hydrogen-bond donors (Lipinski definition) is 1. The number of aliphatic hydroxyl groups is 1. The average Bonchev–Trinajstić information content (AvgIpc) is 2.71. The maximum atomic E-state index is 10.0. The summed E-state index contributed by atoms with van der Waals surface area (Å²) < 4.78 is 3.78. The van der Waals surface area contributed by atoms with Crippen molar-refractivity contribution in [2.45, 2.75) is 38.7 Å². The molecule has 1 unspecified atom stereocenters. The fourth-order valence-corrected chi connectivity index (χ4v) is 2.63. The van der Waals surface area contributed by atoms with Crippen LogP contribution >= 0.6 is 11.5 Å². The molecular formula is C10H16N2OS. The van der Waals surface area contributed by atoms with Crippen LogP contribution in [-0.4, -0.2) is 14.7 Å². The van der Waals surface area contributed by atoms with Crippen LogP contribution in [0.4, 0.5) is 0 Å². The first-order chi connectivity index (χ1) is 6.77. The second kappa shape index (κ2) is 4.36. The van der Waals surface area contributed by atoms with Gasteiger partial charge >= 0.3 is 0 Å². The van der Waals surface area contributed by atoms with E-state index in [1.165, 1.54) is 24.4 Å². The van der Waals surface area contributed by atoms with Crippen molar-refractivity contribution in [3.63, 3.8) is 0 Å². The molecule has 1 atom stereocenters. The summed E-state index contributed by atoms with van der Waals surface area (Å²) in [6, 6.07) is 0. The first-order valence-corrected chi connectivity index (χ1v) is 6.06. The quantitative estimate of drug-likeness (QED) is 0.818. The van der Waals surface area contributed by atoms with Crippen molar-refractivity contribution < 1.29 is 5.11 Å². The van der Waals surface area contributed by atoms with Gasteiger partial charge in [-0.25, -0.2) is 0 Å². The fourth-order valence-electron chi connectivity index (χ4n) is 2.14. The van der Waals surface area contributed by atoms with Crippen LogP contribution < -0.4 is 0 Å². The monoisotopic (exact) mass is 212 g/mol. The molecule has 1 aliphatic rings. The molecule has 1 aliphatic carbocycles.